The zero-order valence-corrected chi connectivity index (χ0v) is 21.8. The summed E-state index contributed by atoms with van der Waals surface area (Å²) in [5.41, 5.74) is 6.03. The van der Waals surface area contributed by atoms with Crippen LogP contribution < -0.4 is 16.4 Å². The summed E-state index contributed by atoms with van der Waals surface area (Å²) in [6.07, 6.45) is 2.35. The molecular weight excluding hydrogens is 452 g/mol. The molecule has 3 unspecified atom stereocenters. The van der Waals surface area contributed by atoms with Gasteiger partial charge in [-0.3, -0.25) is 14.4 Å². The fraction of sp³-hybridized carbons (Fsp3) is 0.483. The number of quaternary nitrogens is 1. The van der Waals surface area contributed by atoms with E-state index in [9.17, 15) is 14.4 Å². The van der Waals surface area contributed by atoms with Crippen LogP contribution in [0.2, 0.25) is 0 Å². The Morgan fingerprint density at radius 2 is 1.50 bits per heavy atom. The lowest BCUT2D eigenvalue weighted by atomic mass is 9.94. The molecule has 7 nitrogen and oxygen atoms in total. The maximum Gasteiger partial charge on any atom is 0.280 e. The number of nitrogens with one attached hydrogen (secondary N) is 2. The Hall–Kier alpha value is -3.19. The van der Waals surface area contributed by atoms with Crippen molar-refractivity contribution in [2.75, 3.05) is 13.1 Å². The molecule has 1 heterocycles. The van der Waals surface area contributed by atoms with Crippen LogP contribution in [-0.4, -0.2) is 47.8 Å². The highest BCUT2D eigenvalue weighted by Gasteiger charge is 2.33. The molecule has 36 heavy (non-hydrogen) atoms. The van der Waals surface area contributed by atoms with E-state index in [2.05, 4.69) is 30.2 Å². The molecule has 3 rings (SSSR count). The first-order valence-corrected chi connectivity index (χ1v) is 13.1. The van der Waals surface area contributed by atoms with Crippen molar-refractivity contribution in [2.45, 2.75) is 64.6 Å². The maximum absolute atomic E-state index is 13.3. The van der Waals surface area contributed by atoms with Crippen LogP contribution in [0.4, 0.5) is 0 Å². The van der Waals surface area contributed by atoms with Gasteiger partial charge in [-0.1, -0.05) is 74.5 Å². The van der Waals surface area contributed by atoms with Crippen LogP contribution in [0.5, 0.6) is 0 Å². The van der Waals surface area contributed by atoms with Crippen molar-refractivity contribution in [3.05, 3.63) is 71.8 Å². The highest BCUT2D eigenvalue weighted by molar-refractivity contribution is 5.89. The SMILES string of the molecule is CC(C)CC([NH3+])C(=O)N1CCC(C(=O)NC(Cc2ccccc2)C(=O)NC(C)c2ccccc2)CC1. The molecule has 5 N–H and O–H groups in total. The molecule has 1 fully saturated rings. The monoisotopic (exact) mass is 493 g/mol. The van der Waals surface area contributed by atoms with Crippen molar-refractivity contribution in [1.82, 2.24) is 15.5 Å². The fourth-order valence-electron chi connectivity index (χ4n) is 4.78. The van der Waals surface area contributed by atoms with Gasteiger partial charge in [-0.25, -0.2) is 0 Å². The van der Waals surface area contributed by atoms with Crippen molar-refractivity contribution in [1.29, 1.82) is 0 Å². The first-order valence-electron chi connectivity index (χ1n) is 13.1. The van der Waals surface area contributed by atoms with E-state index in [0.29, 0.717) is 38.3 Å². The summed E-state index contributed by atoms with van der Waals surface area (Å²) in [5, 5.41) is 6.08. The molecule has 1 aliphatic heterocycles. The molecule has 2 aromatic carbocycles. The molecular formula is C29H41N4O3+. The summed E-state index contributed by atoms with van der Waals surface area (Å²) in [4.78, 5) is 41.0. The summed E-state index contributed by atoms with van der Waals surface area (Å²) in [6.45, 7) is 7.20. The Morgan fingerprint density at radius 3 is 2.08 bits per heavy atom. The van der Waals surface area contributed by atoms with Crippen LogP contribution in [0.15, 0.2) is 60.7 Å². The first-order chi connectivity index (χ1) is 17.2. The van der Waals surface area contributed by atoms with Gasteiger partial charge in [0, 0.05) is 31.8 Å². The molecule has 3 atom stereocenters. The second-order valence-electron chi connectivity index (χ2n) is 10.3. The summed E-state index contributed by atoms with van der Waals surface area (Å²) >= 11 is 0. The average molecular weight is 494 g/mol. The Labute approximate surface area is 214 Å². The van der Waals surface area contributed by atoms with Gasteiger partial charge in [-0.15, -0.1) is 0 Å². The van der Waals surface area contributed by atoms with E-state index < -0.39 is 6.04 Å². The van der Waals surface area contributed by atoms with Crippen LogP contribution in [-0.2, 0) is 20.8 Å². The number of hydrogen-bond acceptors (Lipinski definition) is 3. The van der Waals surface area contributed by atoms with E-state index in [1.165, 1.54) is 0 Å². The molecule has 0 spiro atoms. The third-order valence-electron chi connectivity index (χ3n) is 6.86. The van der Waals surface area contributed by atoms with E-state index in [-0.39, 0.29) is 35.7 Å². The zero-order chi connectivity index (χ0) is 26.1. The Bertz CT molecular complexity index is 988. The summed E-state index contributed by atoms with van der Waals surface area (Å²) < 4.78 is 0. The minimum Gasteiger partial charge on any atom is -0.348 e. The minimum atomic E-state index is -0.680. The second-order valence-corrected chi connectivity index (χ2v) is 10.3. The van der Waals surface area contributed by atoms with E-state index in [1.807, 2.05) is 72.5 Å². The summed E-state index contributed by atoms with van der Waals surface area (Å²) in [6, 6.07) is 18.4. The second kappa shape index (κ2) is 13.2. The van der Waals surface area contributed by atoms with Crippen LogP contribution >= 0.6 is 0 Å². The van der Waals surface area contributed by atoms with Gasteiger partial charge < -0.3 is 21.3 Å². The summed E-state index contributed by atoms with van der Waals surface area (Å²) in [5.74, 6) is -0.0699. The molecule has 3 amide bonds. The first kappa shape index (κ1) is 27.4. The van der Waals surface area contributed by atoms with Gasteiger partial charge in [0.2, 0.25) is 11.8 Å². The molecule has 0 saturated carbocycles. The molecule has 0 bridgehead atoms. The van der Waals surface area contributed by atoms with Crippen LogP contribution in [0.3, 0.4) is 0 Å². The fourth-order valence-corrected chi connectivity index (χ4v) is 4.78. The Kier molecular flexibility index (Phi) is 10.1. The smallest absolute Gasteiger partial charge is 0.280 e. The number of piperidine rings is 1. The van der Waals surface area contributed by atoms with Gasteiger partial charge in [0.1, 0.15) is 6.04 Å². The van der Waals surface area contributed by atoms with Gasteiger partial charge >= 0.3 is 0 Å². The number of carbonyl (C=O) groups is 3. The molecule has 0 radical (unpaired) electrons. The highest BCUT2D eigenvalue weighted by Crippen LogP contribution is 2.20. The van der Waals surface area contributed by atoms with Crippen LogP contribution in [0, 0.1) is 11.8 Å². The van der Waals surface area contributed by atoms with Gasteiger partial charge in [-0.05, 0) is 36.8 Å². The third-order valence-corrected chi connectivity index (χ3v) is 6.86. The lowest BCUT2D eigenvalue weighted by Gasteiger charge is -2.33. The van der Waals surface area contributed by atoms with Gasteiger partial charge in [-0.2, -0.15) is 0 Å². The average Bonchev–Trinajstić information content (AvgIpc) is 2.88. The molecule has 1 saturated heterocycles. The number of likely N-dealkylation sites (tertiary alicyclic amines) is 1. The largest absolute Gasteiger partial charge is 0.348 e. The van der Waals surface area contributed by atoms with E-state index in [4.69, 9.17) is 0 Å². The number of amides is 3. The Balaban J connectivity index is 1.61. The van der Waals surface area contributed by atoms with Crippen molar-refractivity contribution in [3.8, 4) is 0 Å². The van der Waals surface area contributed by atoms with Crippen LogP contribution in [0.1, 0.15) is 57.2 Å². The lowest BCUT2D eigenvalue weighted by molar-refractivity contribution is -0.408. The quantitative estimate of drug-likeness (QED) is 0.473. The lowest BCUT2D eigenvalue weighted by Crippen LogP contribution is -2.68. The molecule has 1 aliphatic rings. The van der Waals surface area contributed by atoms with E-state index in [1.54, 1.807) is 0 Å². The topological polar surface area (TPSA) is 106 Å². The van der Waals surface area contributed by atoms with Gasteiger partial charge in [0.05, 0.1) is 6.04 Å². The summed E-state index contributed by atoms with van der Waals surface area (Å²) in [7, 11) is 0. The predicted molar refractivity (Wildman–Crippen MR) is 141 cm³/mol. The number of hydrogen-bond donors (Lipinski definition) is 3. The van der Waals surface area contributed by atoms with E-state index in [0.717, 1.165) is 17.5 Å². The van der Waals surface area contributed by atoms with Crippen molar-refractivity contribution in [3.63, 3.8) is 0 Å². The standard InChI is InChI=1S/C29H40N4O3/c1-20(2)18-25(30)29(36)33-16-14-24(15-17-33)27(34)32-26(19-22-10-6-4-7-11-22)28(35)31-21(3)23-12-8-5-9-13-23/h4-13,20-21,24-26H,14-19,30H2,1-3H3,(H,31,35)(H,32,34)/p+1. The zero-order valence-electron chi connectivity index (χ0n) is 21.8. The molecule has 0 aliphatic carbocycles. The highest BCUT2D eigenvalue weighted by atomic mass is 16.2. The van der Waals surface area contributed by atoms with E-state index >= 15 is 0 Å². The number of rotatable bonds is 10. The van der Waals surface area contributed by atoms with Gasteiger partial charge in [0.15, 0.2) is 6.04 Å². The normalized spacial score (nSPS) is 16.8. The van der Waals surface area contributed by atoms with Crippen molar-refractivity contribution >= 4 is 17.7 Å². The van der Waals surface area contributed by atoms with Crippen molar-refractivity contribution in [2.24, 2.45) is 11.8 Å². The predicted octanol–water partition coefficient (Wildman–Crippen LogP) is 2.49. The minimum absolute atomic E-state index is 0.0683. The van der Waals surface area contributed by atoms with Crippen molar-refractivity contribution < 1.29 is 20.1 Å². The number of nitrogens with zero attached hydrogens (tertiary/aromatic N) is 1. The van der Waals surface area contributed by atoms with Crippen LogP contribution in [0.25, 0.3) is 0 Å². The Morgan fingerprint density at radius 1 is 0.917 bits per heavy atom. The number of carbonyl (C=O) groups excluding carboxylic acids is 3. The molecule has 7 heteroatoms. The number of benzene rings is 2. The molecule has 0 aromatic heterocycles. The maximum atomic E-state index is 13.3. The van der Waals surface area contributed by atoms with Gasteiger partial charge in [0.25, 0.3) is 5.91 Å². The third kappa shape index (κ3) is 7.92. The molecule has 194 valence electrons. The molecule has 2 aromatic rings.